The number of rotatable bonds is 2. The molecule has 0 bridgehead atoms. The molecule has 0 aromatic heterocycles. The number of carbonyl (C=O) groups is 1. The number of nitrogens with one attached hydrogen (secondary N) is 2. The smallest absolute Gasteiger partial charge is 0.350 e. The molecule has 0 fully saturated rings. The molecule has 0 aliphatic rings. The second kappa shape index (κ2) is 4.30. The van der Waals surface area contributed by atoms with Gasteiger partial charge in [0.1, 0.15) is 6.21 Å². The zero-order chi connectivity index (χ0) is 7.98. The van der Waals surface area contributed by atoms with Gasteiger partial charge in [-0.15, -0.1) is 0 Å². The molecule has 6 heteroatoms. The molecule has 10 heavy (non-hydrogen) atoms. The summed E-state index contributed by atoms with van der Waals surface area (Å²) in [5.41, 5.74) is 6.87. The normalized spacial score (nSPS) is 9.30. The van der Waals surface area contributed by atoms with E-state index in [0.717, 1.165) is 6.21 Å². The van der Waals surface area contributed by atoms with Crippen molar-refractivity contribution < 1.29 is 9.53 Å². The third-order valence-corrected chi connectivity index (χ3v) is 0.556. The number of hydrogen-bond acceptors (Lipinski definition) is 4. The van der Waals surface area contributed by atoms with Crippen LogP contribution in [0.2, 0.25) is 0 Å². The number of nitrogens with zero attached hydrogens (tertiary/aromatic N) is 1. The molecule has 0 aromatic carbocycles. The van der Waals surface area contributed by atoms with Crippen molar-refractivity contribution in [2.24, 2.45) is 10.8 Å². The molecule has 0 radical (unpaired) electrons. The van der Waals surface area contributed by atoms with Crippen molar-refractivity contribution in [1.29, 1.82) is 5.41 Å². The summed E-state index contributed by atoms with van der Waals surface area (Å²) in [5.74, 6) is -0.936. The summed E-state index contributed by atoms with van der Waals surface area (Å²) in [6.45, 7) is 0. The fourth-order valence-electron chi connectivity index (χ4n) is 0.207. The highest BCUT2D eigenvalue weighted by Crippen LogP contribution is 1.64. The van der Waals surface area contributed by atoms with Gasteiger partial charge in [0, 0.05) is 0 Å². The first-order valence-corrected chi connectivity index (χ1v) is 2.38. The summed E-state index contributed by atoms with van der Waals surface area (Å²) in [4.78, 5) is 10.3. The number of ether oxygens (including phenoxy) is 1. The number of hydrazone groups is 1. The number of guanidine groups is 1. The molecule has 0 aliphatic carbocycles. The van der Waals surface area contributed by atoms with Crippen molar-refractivity contribution in [1.82, 2.24) is 5.43 Å². The van der Waals surface area contributed by atoms with Crippen LogP contribution in [0.1, 0.15) is 0 Å². The zero-order valence-electron chi connectivity index (χ0n) is 5.42. The minimum absolute atomic E-state index is 0.333. The van der Waals surface area contributed by atoms with Crippen LogP contribution in [-0.4, -0.2) is 25.3 Å². The number of methoxy groups -OCH3 is 1. The average molecular weight is 144 g/mol. The standard InChI is InChI=1S/C4H8N4O2/c1-10-3(9)2-7-8-4(5)6/h2H,1H3,(H4,5,6,8)/b7-2+. The van der Waals surface area contributed by atoms with Gasteiger partial charge in [-0.1, -0.05) is 0 Å². The second-order valence-electron chi connectivity index (χ2n) is 1.31. The zero-order valence-corrected chi connectivity index (χ0v) is 5.42. The Morgan fingerprint density at radius 2 is 2.50 bits per heavy atom. The minimum Gasteiger partial charge on any atom is -0.465 e. The predicted octanol–water partition coefficient (Wildman–Crippen LogP) is -1.37. The quantitative estimate of drug-likeness (QED) is 0.192. The van der Waals surface area contributed by atoms with E-state index in [1.165, 1.54) is 7.11 Å². The Morgan fingerprint density at radius 1 is 1.90 bits per heavy atom. The van der Waals surface area contributed by atoms with Gasteiger partial charge in [0.15, 0.2) is 0 Å². The van der Waals surface area contributed by atoms with Crippen molar-refractivity contribution >= 4 is 18.1 Å². The van der Waals surface area contributed by atoms with Gasteiger partial charge in [0.2, 0.25) is 5.96 Å². The molecule has 0 heterocycles. The summed E-state index contributed by atoms with van der Waals surface area (Å²) >= 11 is 0. The first-order chi connectivity index (χ1) is 4.66. The van der Waals surface area contributed by atoms with E-state index < -0.39 is 5.97 Å². The van der Waals surface area contributed by atoms with Gasteiger partial charge in [-0.3, -0.25) is 5.41 Å². The summed E-state index contributed by atoms with van der Waals surface area (Å²) in [6.07, 6.45) is 0.876. The first-order valence-electron chi connectivity index (χ1n) is 2.38. The molecule has 4 N–H and O–H groups in total. The van der Waals surface area contributed by atoms with Gasteiger partial charge in [0.05, 0.1) is 7.11 Å². The highest BCUT2D eigenvalue weighted by Gasteiger charge is 1.89. The highest BCUT2D eigenvalue weighted by atomic mass is 16.5. The van der Waals surface area contributed by atoms with Crippen molar-refractivity contribution in [2.45, 2.75) is 0 Å². The second-order valence-corrected chi connectivity index (χ2v) is 1.31. The first kappa shape index (κ1) is 8.41. The van der Waals surface area contributed by atoms with Crippen LogP contribution >= 0.6 is 0 Å². The van der Waals surface area contributed by atoms with Gasteiger partial charge < -0.3 is 10.5 Å². The summed E-state index contributed by atoms with van der Waals surface area (Å²) in [5, 5.41) is 9.84. The molecule has 6 nitrogen and oxygen atoms in total. The van der Waals surface area contributed by atoms with E-state index in [0.29, 0.717) is 0 Å². The number of esters is 1. The topological polar surface area (TPSA) is 101 Å². The number of nitrogens with two attached hydrogens (primary N) is 1. The molecular weight excluding hydrogens is 136 g/mol. The molecule has 0 aromatic rings. The van der Waals surface area contributed by atoms with Crippen LogP contribution in [-0.2, 0) is 9.53 Å². The number of hydrogen-bond donors (Lipinski definition) is 3. The van der Waals surface area contributed by atoms with Crippen molar-refractivity contribution in [3.8, 4) is 0 Å². The van der Waals surface area contributed by atoms with Crippen LogP contribution in [0.5, 0.6) is 0 Å². The molecule has 0 saturated carbocycles. The molecule has 56 valence electrons. The predicted molar refractivity (Wildman–Crippen MR) is 35.6 cm³/mol. The van der Waals surface area contributed by atoms with E-state index >= 15 is 0 Å². The molecule has 0 saturated heterocycles. The molecular formula is C4H8N4O2. The van der Waals surface area contributed by atoms with E-state index in [4.69, 9.17) is 11.1 Å². The lowest BCUT2D eigenvalue weighted by atomic mass is 10.8. The molecule has 0 aliphatic heterocycles. The van der Waals surface area contributed by atoms with E-state index in [9.17, 15) is 4.79 Å². The van der Waals surface area contributed by atoms with Gasteiger partial charge >= 0.3 is 5.97 Å². The van der Waals surface area contributed by atoms with Gasteiger partial charge in [-0.05, 0) is 0 Å². The lowest BCUT2D eigenvalue weighted by molar-refractivity contribution is -0.132. The van der Waals surface area contributed by atoms with E-state index in [-0.39, 0.29) is 5.96 Å². The minimum atomic E-state index is -0.603. The van der Waals surface area contributed by atoms with Crippen LogP contribution < -0.4 is 11.2 Å². The van der Waals surface area contributed by atoms with Crippen LogP contribution in [0, 0.1) is 5.41 Å². The van der Waals surface area contributed by atoms with Crippen LogP contribution in [0.3, 0.4) is 0 Å². The molecule has 0 spiro atoms. The van der Waals surface area contributed by atoms with Crippen LogP contribution in [0.4, 0.5) is 0 Å². The van der Waals surface area contributed by atoms with Crippen LogP contribution in [0.15, 0.2) is 5.10 Å². The maximum atomic E-state index is 10.3. The Morgan fingerprint density at radius 3 is 2.90 bits per heavy atom. The lowest BCUT2D eigenvalue weighted by Crippen LogP contribution is -2.26. The fraction of sp³-hybridized carbons (Fsp3) is 0.250. The summed E-state index contributed by atoms with van der Waals surface area (Å²) < 4.78 is 4.19. The van der Waals surface area contributed by atoms with E-state index in [1.54, 1.807) is 0 Å². The van der Waals surface area contributed by atoms with Crippen molar-refractivity contribution in [2.75, 3.05) is 7.11 Å². The maximum absolute atomic E-state index is 10.3. The van der Waals surface area contributed by atoms with Crippen molar-refractivity contribution in [3.05, 3.63) is 0 Å². The Bertz CT molecular complexity index is 165. The Kier molecular flexibility index (Phi) is 3.62. The monoisotopic (exact) mass is 144 g/mol. The lowest BCUT2D eigenvalue weighted by Gasteiger charge is -1.92. The third kappa shape index (κ3) is 4.57. The van der Waals surface area contributed by atoms with Gasteiger partial charge in [0.25, 0.3) is 0 Å². The van der Waals surface area contributed by atoms with Crippen molar-refractivity contribution in [3.63, 3.8) is 0 Å². The molecule has 0 atom stereocenters. The van der Waals surface area contributed by atoms with E-state index in [2.05, 4.69) is 9.84 Å². The molecule has 0 rings (SSSR count). The van der Waals surface area contributed by atoms with E-state index in [1.807, 2.05) is 5.43 Å². The molecule has 0 amide bonds. The SMILES string of the molecule is COC(=O)/C=N/NC(=N)N. The van der Waals surface area contributed by atoms with Gasteiger partial charge in [-0.25, -0.2) is 10.2 Å². The summed E-state index contributed by atoms with van der Waals surface area (Å²) in [7, 11) is 1.22. The Labute approximate surface area is 57.5 Å². The highest BCUT2D eigenvalue weighted by molar-refractivity contribution is 6.23. The van der Waals surface area contributed by atoms with Crippen LogP contribution in [0.25, 0.3) is 0 Å². The third-order valence-electron chi connectivity index (χ3n) is 0.556. The number of carbonyl (C=O) groups excluding carboxylic acids is 1. The maximum Gasteiger partial charge on any atom is 0.350 e. The summed E-state index contributed by atoms with van der Waals surface area (Å²) in [6, 6.07) is 0. The Balaban J connectivity index is 3.56. The van der Waals surface area contributed by atoms with Gasteiger partial charge in [-0.2, -0.15) is 5.10 Å². The average Bonchev–Trinajstić information content (AvgIpc) is 1.87. The fourth-order valence-corrected chi connectivity index (χ4v) is 0.207. The molecule has 0 unspecified atom stereocenters. The largest absolute Gasteiger partial charge is 0.465 e. The Hall–Kier alpha value is -1.59.